The van der Waals surface area contributed by atoms with Crippen molar-refractivity contribution in [2.75, 3.05) is 0 Å². The Labute approximate surface area is 115 Å². The highest BCUT2D eigenvalue weighted by Crippen LogP contribution is 2.14. The average Bonchev–Trinajstić information content (AvgIpc) is 2.94. The fourth-order valence-electron chi connectivity index (χ4n) is 2.01. The average molecular weight is 261 g/mol. The van der Waals surface area contributed by atoms with Gasteiger partial charge in [-0.15, -0.1) is 0 Å². The van der Waals surface area contributed by atoms with Gasteiger partial charge in [-0.05, 0) is 24.3 Å². The molecule has 2 aromatic heterocycles. The maximum Gasteiger partial charge on any atom is 0.249 e. The number of pyridine rings is 1. The maximum absolute atomic E-state index is 11.3. The number of nitrogens with zero attached hydrogens (tertiary/aromatic N) is 1. The summed E-state index contributed by atoms with van der Waals surface area (Å²) in [5, 5.41) is 0.955. The van der Waals surface area contributed by atoms with Crippen molar-refractivity contribution in [3.05, 3.63) is 65.5 Å². The van der Waals surface area contributed by atoms with Crippen molar-refractivity contribution in [1.29, 1.82) is 0 Å². The molecule has 3 aromatic rings. The number of H-pyrrole nitrogens is 1. The van der Waals surface area contributed by atoms with Crippen LogP contribution in [0.4, 0.5) is 0 Å². The first-order valence-electron chi connectivity index (χ1n) is 6.08. The lowest BCUT2D eigenvalue weighted by atomic mass is 10.1. The summed E-state index contributed by atoms with van der Waals surface area (Å²) in [5.74, 6) is 5.59. The van der Waals surface area contributed by atoms with E-state index in [9.17, 15) is 4.79 Å². The number of nitrogens with two attached hydrogens (primary N) is 1. The molecule has 0 fully saturated rings. The minimum atomic E-state index is -0.476. The van der Waals surface area contributed by atoms with Crippen LogP contribution in [-0.4, -0.2) is 15.9 Å². The number of aromatic nitrogens is 2. The summed E-state index contributed by atoms with van der Waals surface area (Å²) in [6, 6.07) is 10.8. The third-order valence-electron chi connectivity index (χ3n) is 2.98. The van der Waals surface area contributed by atoms with Crippen molar-refractivity contribution in [2.24, 2.45) is 5.73 Å². The van der Waals surface area contributed by atoms with E-state index in [-0.39, 0.29) is 0 Å². The van der Waals surface area contributed by atoms with E-state index >= 15 is 0 Å². The third-order valence-corrected chi connectivity index (χ3v) is 2.98. The molecule has 4 nitrogen and oxygen atoms in total. The van der Waals surface area contributed by atoms with Crippen molar-refractivity contribution in [1.82, 2.24) is 9.97 Å². The predicted octanol–water partition coefficient (Wildman–Crippen LogP) is 2.06. The van der Waals surface area contributed by atoms with Crippen molar-refractivity contribution < 1.29 is 4.79 Å². The van der Waals surface area contributed by atoms with Gasteiger partial charge in [0, 0.05) is 28.9 Å². The lowest BCUT2D eigenvalue weighted by Crippen LogP contribution is -2.12. The Morgan fingerprint density at radius 1 is 1.10 bits per heavy atom. The van der Waals surface area contributed by atoms with Crippen molar-refractivity contribution in [2.45, 2.75) is 0 Å². The van der Waals surface area contributed by atoms with Gasteiger partial charge in [-0.3, -0.25) is 4.79 Å². The van der Waals surface area contributed by atoms with E-state index < -0.39 is 5.91 Å². The van der Waals surface area contributed by atoms with Crippen LogP contribution in [0, 0.1) is 11.8 Å². The van der Waals surface area contributed by atoms with Crippen LogP contribution in [0.25, 0.3) is 11.0 Å². The van der Waals surface area contributed by atoms with Gasteiger partial charge in [0.05, 0.1) is 5.56 Å². The number of rotatable bonds is 1. The second kappa shape index (κ2) is 4.90. The topological polar surface area (TPSA) is 71.8 Å². The zero-order chi connectivity index (χ0) is 13.9. The maximum atomic E-state index is 11.3. The molecule has 0 atom stereocenters. The molecule has 1 amide bonds. The van der Waals surface area contributed by atoms with E-state index in [0.717, 1.165) is 16.6 Å². The Morgan fingerprint density at radius 2 is 1.90 bits per heavy atom. The molecule has 4 heteroatoms. The molecule has 3 rings (SSSR count). The SMILES string of the molecule is NC(=O)c1ccccc1C#Cc1ccnc2[nH]ccc12. The zero-order valence-corrected chi connectivity index (χ0v) is 10.6. The fraction of sp³-hybridized carbons (Fsp3) is 0. The first-order valence-corrected chi connectivity index (χ1v) is 6.08. The quantitative estimate of drug-likeness (QED) is 0.658. The monoisotopic (exact) mass is 261 g/mol. The van der Waals surface area contributed by atoms with Crippen molar-refractivity contribution in [3.8, 4) is 11.8 Å². The van der Waals surface area contributed by atoms with Crippen LogP contribution in [0.1, 0.15) is 21.5 Å². The van der Waals surface area contributed by atoms with Crippen LogP contribution in [0.15, 0.2) is 48.8 Å². The molecule has 0 saturated carbocycles. The minimum absolute atomic E-state index is 0.430. The number of benzene rings is 1. The van der Waals surface area contributed by atoms with E-state index in [4.69, 9.17) is 5.73 Å². The van der Waals surface area contributed by atoms with Gasteiger partial charge in [-0.2, -0.15) is 0 Å². The smallest absolute Gasteiger partial charge is 0.249 e. The summed E-state index contributed by atoms with van der Waals surface area (Å²) in [4.78, 5) is 18.6. The normalized spacial score (nSPS) is 10.0. The molecule has 0 unspecified atom stereocenters. The van der Waals surface area contributed by atoms with Crippen LogP contribution in [0.3, 0.4) is 0 Å². The van der Waals surface area contributed by atoms with Gasteiger partial charge in [0.25, 0.3) is 0 Å². The zero-order valence-electron chi connectivity index (χ0n) is 10.6. The lowest BCUT2D eigenvalue weighted by molar-refractivity contribution is 0.1000. The van der Waals surface area contributed by atoms with Crippen LogP contribution in [0.5, 0.6) is 0 Å². The van der Waals surface area contributed by atoms with Crippen molar-refractivity contribution >= 4 is 16.9 Å². The molecule has 20 heavy (non-hydrogen) atoms. The molecule has 1 aromatic carbocycles. The number of fused-ring (bicyclic) bond motifs is 1. The highest BCUT2D eigenvalue weighted by molar-refractivity contribution is 5.95. The number of aromatic amines is 1. The number of hydrogen-bond acceptors (Lipinski definition) is 2. The summed E-state index contributed by atoms with van der Waals surface area (Å²) in [7, 11) is 0. The van der Waals surface area contributed by atoms with Gasteiger partial charge in [-0.25, -0.2) is 4.98 Å². The van der Waals surface area contributed by atoms with Crippen LogP contribution in [-0.2, 0) is 0 Å². The largest absolute Gasteiger partial charge is 0.366 e. The second-order valence-electron chi connectivity index (χ2n) is 4.26. The lowest BCUT2D eigenvalue weighted by Gasteiger charge is -1.98. The van der Waals surface area contributed by atoms with E-state index in [0.29, 0.717) is 11.1 Å². The van der Waals surface area contributed by atoms with E-state index in [2.05, 4.69) is 21.8 Å². The number of primary amides is 1. The molecular formula is C16H11N3O. The Bertz CT molecular complexity index is 853. The molecule has 0 spiro atoms. The molecule has 0 radical (unpaired) electrons. The molecule has 0 aliphatic rings. The van der Waals surface area contributed by atoms with E-state index in [1.54, 1.807) is 24.4 Å². The summed E-state index contributed by atoms with van der Waals surface area (Å²) in [6.45, 7) is 0. The molecule has 0 aliphatic carbocycles. The van der Waals surface area contributed by atoms with Gasteiger partial charge in [-0.1, -0.05) is 24.0 Å². The first kappa shape index (κ1) is 12.0. The highest BCUT2D eigenvalue weighted by Gasteiger charge is 2.04. The standard InChI is InChI=1S/C16H11N3O/c17-15(20)13-4-2-1-3-11(13)5-6-12-7-9-18-16-14(12)8-10-19-16/h1-4,7-10H,(H2,17,20)(H,18,19). The fourth-order valence-corrected chi connectivity index (χ4v) is 2.01. The summed E-state index contributed by atoms with van der Waals surface area (Å²) < 4.78 is 0. The van der Waals surface area contributed by atoms with Crippen molar-refractivity contribution in [3.63, 3.8) is 0 Å². The van der Waals surface area contributed by atoms with Gasteiger partial charge in [0.2, 0.25) is 5.91 Å². The predicted molar refractivity (Wildman–Crippen MR) is 77.0 cm³/mol. The van der Waals surface area contributed by atoms with Gasteiger partial charge in [0.1, 0.15) is 5.65 Å². The van der Waals surface area contributed by atoms with E-state index in [1.807, 2.05) is 24.4 Å². The summed E-state index contributed by atoms with van der Waals surface area (Å²) in [5.41, 5.74) is 8.04. The van der Waals surface area contributed by atoms with Crippen LogP contribution in [0.2, 0.25) is 0 Å². The highest BCUT2D eigenvalue weighted by atomic mass is 16.1. The Balaban J connectivity index is 2.09. The van der Waals surface area contributed by atoms with Crippen LogP contribution < -0.4 is 5.73 Å². The Kier molecular flexibility index (Phi) is 2.94. The third kappa shape index (κ3) is 2.13. The molecule has 2 heterocycles. The van der Waals surface area contributed by atoms with Crippen LogP contribution >= 0.6 is 0 Å². The number of amides is 1. The molecule has 0 aliphatic heterocycles. The van der Waals surface area contributed by atoms with Gasteiger partial charge >= 0.3 is 0 Å². The Morgan fingerprint density at radius 3 is 2.75 bits per heavy atom. The minimum Gasteiger partial charge on any atom is -0.366 e. The molecule has 96 valence electrons. The van der Waals surface area contributed by atoms with E-state index in [1.165, 1.54) is 0 Å². The summed E-state index contributed by atoms with van der Waals surface area (Å²) >= 11 is 0. The number of nitrogens with one attached hydrogen (secondary N) is 1. The number of carbonyl (C=O) groups excluding carboxylic acids is 1. The van der Waals surface area contributed by atoms with Gasteiger partial charge < -0.3 is 10.7 Å². The molecule has 3 N–H and O–H groups in total. The molecule has 0 saturated heterocycles. The first-order chi connectivity index (χ1) is 9.75. The molecular weight excluding hydrogens is 250 g/mol. The van der Waals surface area contributed by atoms with Gasteiger partial charge in [0.15, 0.2) is 0 Å². The number of hydrogen-bond donors (Lipinski definition) is 2. The second-order valence-corrected chi connectivity index (χ2v) is 4.26. The molecule has 0 bridgehead atoms. The number of carbonyl (C=O) groups is 1. The summed E-state index contributed by atoms with van der Waals surface area (Å²) in [6.07, 6.45) is 3.52. The Hall–Kier alpha value is -3.06.